The fourth-order valence-corrected chi connectivity index (χ4v) is 2.14. The Hall–Kier alpha value is -2.40. The molecule has 0 aliphatic rings. The lowest BCUT2D eigenvalue weighted by Crippen LogP contribution is -2.41. The number of para-hydroxylation sites is 1. The molecule has 0 saturated heterocycles. The van der Waals surface area contributed by atoms with E-state index in [1.165, 1.54) is 4.90 Å². The summed E-state index contributed by atoms with van der Waals surface area (Å²) in [4.78, 5) is 17.9. The number of fused-ring (bicyclic) bond motifs is 1. The number of aliphatic hydroxyl groups excluding tert-OH is 1. The van der Waals surface area contributed by atoms with Crippen LogP contribution in [0.2, 0.25) is 0 Å². The van der Waals surface area contributed by atoms with Crippen molar-refractivity contribution >= 4 is 16.9 Å². The first-order valence-corrected chi connectivity index (χ1v) is 6.83. The summed E-state index contributed by atoms with van der Waals surface area (Å²) in [6, 6.07) is 9.53. The number of amides is 2. The molecule has 110 valence electrons. The zero-order valence-corrected chi connectivity index (χ0v) is 11.8. The number of benzene rings is 1. The molecule has 0 bridgehead atoms. The summed E-state index contributed by atoms with van der Waals surface area (Å²) in [5, 5.41) is 12.9. The molecule has 0 aliphatic carbocycles. The van der Waals surface area contributed by atoms with Gasteiger partial charge in [-0.15, -0.1) is 6.58 Å². The van der Waals surface area contributed by atoms with E-state index in [4.69, 9.17) is 5.11 Å². The average Bonchev–Trinajstić information content (AvgIpc) is 2.52. The molecule has 2 aromatic rings. The van der Waals surface area contributed by atoms with Crippen LogP contribution in [0.15, 0.2) is 49.2 Å². The van der Waals surface area contributed by atoms with Crippen LogP contribution in [-0.4, -0.2) is 40.7 Å². The fourth-order valence-electron chi connectivity index (χ4n) is 2.14. The van der Waals surface area contributed by atoms with Crippen LogP contribution < -0.4 is 5.32 Å². The van der Waals surface area contributed by atoms with Crippen LogP contribution in [0, 0.1) is 0 Å². The highest BCUT2D eigenvalue weighted by molar-refractivity contribution is 5.82. The van der Waals surface area contributed by atoms with Gasteiger partial charge < -0.3 is 15.3 Å². The summed E-state index contributed by atoms with van der Waals surface area (Å²) in [5.41, 5.74) is 1.85. The van der Waals surface area contributed by atoms with E-state index < -0.39 is 0 Å². The second-order valence-electron chi connectivity index (χ2n) is 4.61. The summed E-state index contributed by atoms with van der Waals surface area (Å²) in [6.07, 6.45) is 3.37. The predicted octanol–water partition coefficient (Wildman–Crippen LogP) is 1.92. The summed E-state index contributed by atoms with van der Waals surface area (Å²) in [5.74, 6) is 0. The summed E-state index contributed by atoms with van der Waals surface area (Å²) in [6.45, 7) is 4.62. The zero-order chi connectivity index (χ0) is 15.1. The molecule has 0 saturated carbocycles. The van der Waals surface area contributed by atoms with Crippen molar-refractivity contribution in [3.8, 4) is 0 Å². The number of hydrogen-bond donors (Lipinski definition) is 2. The van der Waals surface area contributed by atoms with Gasteiger partial charge in [0.05, 0.1) is 12.1 Å². The number of urea groups is 1. The molecule has 2 rings (SSSR count). The molecule has 2 amide bonds. The number of aromatic nitrogens is 1. The number of rotatable bonds is 6. The maximum Gasteiger partial charge on any atom is 0.318 e. The monoisotopic (exact) mass is 285 g/mol. The van der Waals surface area contributed by atoms with E-state index in [9.17, 15) is 4.79 Å². The first-order chi connectivity index (χ1) is 10.3. The van der Waals surface area contributed by atoms with Gasteiger partial charge >= 0.3 is 6.03 Å². The van der Waals surface area contributed by atoms with Gasteiger partial charge in [0.25, 0.3) is 0 Å². The first-order valence-electron chi connectivity index (χ1n) is 6.83. The minimum Gasteiger partial charge on any atom is -0.395 e. The van der Waals surface area contributed by atoms with Gasteiger partial charge in [0.2, 0.25) is 0 Å². The van der Waals surface area contributed by atoms with Crippen LogP contribution in [0.5, 0.6) is 0 Å². The maximum atomic E-state index is 12.1. The molecule has 21 heavy (non-hydrogen) atoms. The summed E-state index contributed by atoms with van der Waals surface area (Å²) >= 11 is 0. The van der Waals surface area contributed by atoms with Crippen LogP contribution >= 0.6 is 0 Å². The second-order valence-corrected chi connectivity index (χ2v) is 4.61. The highest BCUT2D eigenvalue weighted by Gasteiger charge is 2.11. The van der Waals surface area contributed by atoms with E-state index in [0.717, 1.165) is 16.5 Å². The second kappa shape index (κ2) is 7.40. The lowest BCUT2D eigenvalue weighted by Gasteiger charge is -2.20. The van der Waals surface area contributed by atoms with Gasteiger partial charge in [0, 0.05) is 31.2 Å². The van der Waals surface area contributed by atoms with Crippen molar-refractivity contribution in [2.75, 3.05) is 19.7 Å². The molecule has 0 aliphatic heterocycles. The zero-order valence-electron chi connectivity index (χ0n) is 11.8. The lowest BCUT2D eigenvalue weighted by molar-refractivity contribution is 0.183. The molecule has 1 aromatic heterocycles. The minimum atomic E-state index is -0.225. The number of hydrogen-bond acceptors (Lipinski definition) is 3. The standard InChI is InChI=1S/C16H19N3O2/c1-2-9-19(10-11-20)16(21)18-12-14-6-3-5-13-7-4-8-17-15(13)14/h2-8,20H,1,9-12H2,(H,18,21). The number of aliphatic hydroxyl groups is 1. The van der Waals surface area contributed by atoms with Gasteiger partial charge in [-0.05, 0) is 11.6 Å². The first kappa shape index (κ1) is 15.0. The average molecular weight is 285 g/mol. The van der Waals surface area contributed by atoms with E-state index in [-0.39, 0.29) is 19.2 Å². The Balaban J connectivity index is 2.07. The van der Waals surface area contributed by atoms with Crippen LogP contribution in [0.4, 0.5) is 4.79 Å². The van der Waals surface area contributed by atoms with E-state index >= 15 is 0 Å². The Labute approximate surface area is 123 Å². The molecular formula is C16H19N3O2. The van der Waals surface area contributed by atoms with Gasteiger partial charge in [-0.25, -0.2) is 4.79 Å². The molecule has 5 nitrogen and oxygen atoms in total. The number of nitrogens with zero attached hydrogens (tertiary/aromatic N) is 2. The highest BCUT2D eigenvalue weighted by atomic mass is 16.3. The molecule has 0 fully saturated rings. The molecule has 0 atom stereocenters. The van der Waals surface area contributed by atoms with Crippen LogP contribution in [-0.2, 0) is 6.54 Å². The summed E-state index contributed by atoms with van der Waals surface area (Å²) < 4.78 is 0. The van der Waals surface area contributed by atoms with Crippen LogP contribution in [0.1, 0.15) is 5.56 Å². The molecular weight excluding hydrogens is 266 g/mol. The van der Waals surface area contributed by atoms with E-state index in [1.54, 1.807) is 12.3 Å². The topological polar surface area (TPSA) is 65.5 Å². The molecule has 0 radical (unpaired) electrons. The van der Waals surface area contributed by atoms with Crippen molar-refractivity contribution < 1.29 is 9.90 Å². The molecule has 0 spiro atoms. The van der Waals surface area contributed by atoms with E-state index in [0.29, 0.717) is 13.1 Å². The van der Waals surface area contributed by atoms with Gasteiger partial charge in [-0.2, -0.15) is 0 Å². The van der Waals surface area contributed by atoms with Crippen molar-refractivity contribution in [2.45, 2.75) is 6.54 Å². The Bertz CT molecular complexity index is 622. The third-order valence-electron chi connectivity index (χ3n) is 3.15. The largest absolute Gasteiger partial charge is 0.395 e. The third kappa shape index (κ3) is 3.79. The number of pyridine rings is 1. The third-order valence-corrected chi connectivity index (χ3v) is 3.15. The predicted molar refractivity (Wildman–Crippen MR) is 82.8 cm³/mol. The molecule has 0 unspecified atom stereocenters. The molecule has 2 N–H and O–H groups in total. The lowest BCUT2D eigenvalue weighted by atomic mass is 10.1. The minimum absolute atomic E-state index is 0.0723. The van der Waals surface area contributed by atoms with E-state index in [2.05, 4.69) is 16.9 Å². The van der Waals surface area contributed by atoms with Gasteiger partial charge in [-0.1, -0.05) is 30.3 Å². The number of carbonyl (C=O) groups is 1. The quantitative estimate of drug-likeness (QED) is 0.797. The van der Waals surface area contributed by atoms with Gasteiger partial charge in [-0.3, -0.25) is 4.98 Å². The van der Waals surface area contributed by atoms with Gasteiger partial charge in [0.15, 0.2) is 0 Å². The highest BCUT2D eigenvalue weighted by Crippen LogP contribution is 2.15. The molecule has 5 heteroatoms. The van der Waals surface area contributed by atoms with Crippen molar-refractivity contribution in [2.24, 2.45) is 0 Å². The Morgan fingerprint density at radius 3 is 2.95 bits per heavy atom. The van der Waals surface area contributed by atoms with Crippen molar-refractivity contribution in [1.82, 2.24) is 15.2 Å². The van der Waals surface area contributed by atoms with Crippen molar-refractivity contribution in [3.05, 3.63) is 54.7 Å². The Kier molecular flexibility index (Phi) is 5.29. The van der Waals surface area contributed by atoms with E-state index in [1.807, 2.05) is 30.3 Å². The van der Waals surface area contributed by atoms with Crippen molar-refractivity contribution in [1.29, 1.82) is 0 Å². The number of nitrogens with one attached hydrogen (secondary N) is 1. The van der Waals surface area contributed by atoms with Gasteiger partial charge in [0.1, 0.15) is 0 Å². The Morgan fingerprint density at radius 2 is 2.19 bits per heavy atom. The van der Waals surface area contributed by atoms with Crippen molar-refractivity contribution in [3.63, 3.8) is 0 Å². The maximum absolute atomic E-state index is 12.1. The van der Waals surface area contributed by atoms with Crippen LogP contribution in [0.3, 0.4) is 0 Å². The molecule has 1 heterocycles. The number of carbonyl (C=O) groups excluding carboxylic acids is 1. The fraction of sp³-hybridized carbons (Fsp3) is 0.250. The summed E-state index contributed by atoms with van der Waals surface area (Å²) in [7, 11) is 0. The van der Waals surface area contributed by atoms with Crippen LogP contribution in [0.25, 0.3) is 10.9 Å². The normalized spacial score (nSPS) is 10.3. The Morgan fingerprint density at radius 1 is 1.38 bits per heavy atom. The smallest absolute Gasteiger partial charge is 0.318 e. The molecule has 1 aromatic carbocycles. The SMILES string of the molecule is C=CCN(CCO)C(=O)NCc1cccc2cccnc12.